The van der Waals surface area contributed by atoms with Gasteiger partial charge in [-0.2, -0.15) is 0 Å². The summed E-state index contributed by atoms with van der Waals surface area (Å²) in [7, 11) is 1.67. The highest BCUT2D eigenvalue weighted by atomic mass is 16.5. The predicted molar refractivity (Wildman–Crippen MR) is 114 cm³/mol. The van der Waals surface area contributed by atoms with Crippen LogP contribution in [0.1, 0.15) is 53.3 Å². The van der Waals surface area contributed by atoms with Gasteiger partial charge in [-0.3, -0.25) is 9.69 Å². The standard InChI is InChI=1S/C24H27N3O3/c1-17(19-6-4-3-5-7-19)25-24(28)22-16-30-23(26-22)15-27(20-10-11-20)14-18-8-12-21(29-2)13-9-18/h3-9,12-13,16-17,20H,10-11,14-15H2,1-2H3,(H,25,28). The van der Waals surface area contributed by atoms with Crippen molar-refractivity contribution >= 4 is 5.91 Å². The molecule has 1 fully saturated rings. The number of nitrogens with zero attached hydrogens (tertiary/aromatic N) is 2. The fourth-order valence-electron chi connectivity index (χ4n) is 3.48. The first-order valence-corrected chi connectivity index (χ1v) is 10.3. The van der Waals surface area contributed by atoms with E-state index >= 15 is 0 Å². The highest BCUT2D eigenvalue weighted by Crippen LogP contribution is 2.30. The Bertz CT molecular complexity index is 965. The number of oxazole rings is 1. The number of nitrogens with one attached hydrogen (secondary N) is 1. The number of carbonyl (C=O) groups is 1. The van der Waals surface area contributed by atoms with Gasteiger partial charge in [0.15, 0.2) is 5.69 Å². The Morgan fingerprint density at radius 3 is 2.57 bits per heavy atom. The van der Waals surface area contributed by atoms with Crippen LogP contribution in [-0.2, 0) is 13.1 Å². The van der Waals surface area contributed by atoms with Crippen LogP contribution in [0, 0.1) is 0 Å². The van der Waals surface area contributed by atoms with Crippen molar-refractivity contribution < 1.29 is 13.9 Å². The maximum absolute atomic E-state index is 12.6. The number of hydrogen-bond acceptors (Lipinski definition) is 5. The van der Waals surface area contributed by atoms with Gasteiger partial charge >= 0.3 is 0 Å². The van der Waals surface area contributed by atoms with Gasteiger partial charge in [0.1, 0.15) is 12.0 Å². The smallest absolute Gasteiger partial charge is 0.273 e. The monoisotopic (exact) mass is 405 g/mol. The molecule has 0 spiro atoms. The van der Waals surface area contributed by atoms with Crippen LogP contribution in [0.25, 0.3) is 0 Å². The Labute approximate surface area is 176 Å². The molecule has 1 heterocycles. The van der Waals surface area contributed by atoms with Crippen molar-refractivity contribution in [2.24, 2.45) is 0 Å². The van der Waals surface area contributed by atoms with Gasteiger partial charge in [0.2, 0.25) is 5.89 Å². The normalized spacial score (nSPS) is 14.5. The summed E-state index contributed by atoms with van der Waals surface area (Å²) in [6.45, 7) is 3.35. The van der Waals surface area contributed by atoms with E-state index in [-0.39, 0.29) is 11.9 Å². The van der Waals surface area contributed by atoms with Crippen LogP contribution >= 0.6 is 0 Å². The molecule has 0 radical (unpaired) electrons. The van der Waals surface area contributed by atoms with Crippen LogP contribution in [0.2, 0.25) is 0 Å². The minimum atomic E-state index is -0.227. The van der Waals surface area contributed by atoms with Crippen molar-refractivity contribution in [2.45, 2.75) is 44.9 Å². The molecule has 1 aliphatic rings. The molecule has 1 N–H and O–H groups in total. The van der Waals surface area contributed by atoms with Gasteiger partial charge in [-0.25, -0.2) is 4.98 Å². The highest BCUT2D eigenvalue weighted by molar-refractivity contribution is 5.92. The molecule has 0 bridgehead atoms. The van der Waals surface area contributed by atoms with Crippen LogP contribution in [0.3, 0.4) is 0 Å². The van der Waals surface area contributed by atoms with Crippen LogP contribution < -0.4 is 10.1 Å². The zero-order valence-corrected chi connectivity index (χ0v) is 17.4. The average molecular weight is 405 g/mol. The molecule has 1 saturated carbocycles. The average Bonchev–Trinajstić information content (AvgIpc) is 3.52. The molecule has 1 aromatic heterocycles. The van der Waals surface area contributed by atoms with Gasteiger partial charge in [0.05, 0.1) is 19.7 Å². The molecular formula is C24H27N3O3. The number of methoxy groups -OCH3 is 1. The number of rotatable bonds is 9. The Balaban J connectivity index is 1.37. The summed E-state index contributed by atoms with van der Waals surface area (Å²) < 4.78 is 10.9. The number of hydrogen-bond donors (Lipinski definition) is 1. The predicted octanol–water partition coefficient (Wildman–Crippen LogP) is 4.34. The topological polar surface area (TPSA) is 67.6 Å². The minimum Gasteiger partial charge on any atom is -0.497 e. The minimum absolute atomic E-state index is 0.100. The van der Waals surface area contributed by atoms with Gasteiger partial charge in [0.25, 0.3) is 5.91 Å². The second-order valence-electron chi connectivity index (χ2n) is 7.72. The summed E-state index contributed by atoms with van der Waals surface area (Å²) >= 11 is 0. The van der Waals surface area contributed by atoms with E-state index in [2.05, 4.69) is 27.3 Å². The van der Waals surface area contributed by atoms with E-state index in [1.807, 2.05) is 49.4 Å². The molecule has 0 saturated heterocycles. The van der Waals surface area contributed by atoms with Gasteiger partial charge in [-0.05, 0) is 43.0 Å². The van der Waals surface area contributed by atoms with Crippen LogP contribution in [0.15, 0.2) is 65.3 Å². The zero-order valence-electron chi connectivity index (χ0n) is 17.4. The van der Waals surface area contributed by atoms with Crippen molar-refractivity contribution in [2.75, 3.05) is 7.11 Å². The fraction of sp³-hybridized carbons (Fsp3) is 0.333. The molecule has 4 rings (SSSR count). The number of carbonyl (C=O) groups excluding carboxylic acids is 1. The van der Waals surface area contributed by atoms with Crippen LogP contribution in [0.4, 0.5) is 0 Å². The van der Waals surface area contributed by atoms with E-state index in [1.165, 1.54) is 24.7 Å². The van der Waals surface area contributed by atoms with E-state index in [0.29, 0.717) is 24.2 Å². The summed E-state index contributed by atoms with van der Waals surface area (Å²) in [5, 5.41) is 2.98. The highest BCUT2D eigenvalue weighted by Gasteiger charge is 2.30. The summed E-state index contributed by atoms with van der Waals surface area (Å²) in [6.07, 6.45) is 3.80. The lowest BCUT2D eigenvalue weighted by molar-refractivity contribution is 0.0934. The second-order valence-corrected chi connectivity index (χ2v) is 7.72. The first-order valence-electron chi connectivity index (χ1n) is 10.3. The van der Waals surface area contributed by atoms with Crippen LogP contribution in [-0.4, -0.2) is 28.9 Å². The van der Waals surface area contributed by atoms with E-state index in [0.717, 1.165) is 17.9 Å². The van der Waals surface area contributed by atoms with Crippen molar-refractivity contribution in [1.82, 2.24) is 15.2 Å². The summed E-state index contributed by atoms with van der Waals surface area (Å²) in [4.78, 5) is 19.4. The third-order valence-corrected chi connectivity index (χ3v) is 5.38. The fourth-order valence-corrected chi connectivity index (χ4v) is 3.48. The van der Waals surface area contributed by atoms with Gasteiger partial charge in [-0.15, -0.1) is 0 Å². The maximum Gasteiger partial charge on any atom is 0.273 e. The molecule has 3 aromatic rings. The van der Waals surface area contributed by atoms with E-state index in [1.54, 1.807) is 7.11 Å². The largest absolute Gasteiger partial charge is 0.497 e. The number of benzene rings is 2. The molecule has 0 aliphatic heterocycles. The van der Waals surface area contributed by atoms with Crippen molar-refractivity contribution in [3.05, 3.63) is 83.6 Å². The molecule has 1 amide bonds. The third kappa shape index (κ3) is 5.07. The van der Waals surface area contributed by atoms with Gasteiger partial charge in [-0.1, -0.05) is 42.5 Å². The van der Waals surface area contributed by atoms with E-state index < -0.39 is 0 Å². The lowest BCUT2D eigenvalue weighted by Gasteiger charge is -2.20. The molecule has 2 aromatic carbocycles. The van der Waals surface area contributed by atoms with Crippen molar-refractivity contribution in [3.8, 4) is 5.75 Å². The number of aromatic nitrogens is 1. The number of ether oxygens (including phenoxy) is 1. The Hall–Kier alpha value is -3.12. The molecule has 156 valence electrons. The summed E-state index contributed by atoms with van der Waals surface area (Å²) in [5.74, 6) is 1.19. The molecule has 30 heavy (non-hydrogen) atoms. The van der Waals surface area contributed by atoms with Crippen molar-refractivity contribution in [3.63, 3.8) is 0 Å². The quantitative estimate of drug-likeness (QED) is 0.574. The first-order chi connectivity index (χ1) is 14.6. The molecule has 6 nitrogen and oxygen atoms in total. The molecule has 1 aliphatic carbocycles. The molecule has 6 heteroatoms. The summed E-state index contributed by atoms with van der Waals surface area (Å²) in [6, 6.07) is 18.4. The lowest BCUT2D eigenvalue weighted by Crippen LogP contribution is -2.27. The zero-order chi connectivity index (χ0) is 20.9. The summed E-state index contributed by atoms with van der Waals surface area (Å²) in [5.41, 5.74) is 2.57. The lowest BCUT2D eigenvalue weighted by atomic mass is 10.1. The Morgan fingerprint density at radius 1 is 1.17 bits per heavy atom. The SMILES string of the molecule is COc1ccc(CN(Cc2nc(C(=O)NC(C)c3ccccc3)co2)C2CC2)cc1. The van der Waals surface area contributed by atoms with E-state index in [4.69, 9.17) is 9.15 Å². The van der Waals surface area contributed by atoms with Crippen LogP contribution in [0.5, 0.6) is 5.75 Å². The van der Waals surface area contributed by atoms with Gasteiger partial charge in [0, 0.05) is 12.6 Å². The Morgan fingerprint density at radius 2 is 1.90 bits per heavy atom. The Kier molecular flexibility index (Phi) is 6.14. The molecular weight excluding hydrogens is 378 g/mol. The third-order valence-electron chi connectivity index (χ3n) is 5.38. The van der Waals surface area contributed by atoms with Gasteiger partial charge < -0.3 is 14.5 Å². The first kappa shape index (κ1) is 20.2. The maximum atomic E-state index is 12.6. The molecule has 1 unspecified atom stereocenters. The van der Waals surface area contributed by atoms with Crippen molar-refractivity contribution in [1.29, 1.82) is 0 Å². The number of amides is 1. The second kappa shape index (κ2) is 9.13. The molecule has 1 atom stereocenters. The van der Waals surface area contributed by atoms with E-state index in [9.17, 15) is 4.79 Å².